The highest BCUT2D eigenvalue weighted by molar-refractivity contribution is 7.99. The van der Waals surface area contributed by atoms with Crippen LogP contribution in [0.25, 0.3) is 11.2 Å². The number of aromatic nitrogens is 5. The standard InChI is InChI=1S/C15H20N6O2S/c1-4-7-24-14-17-12(16)10-13(18-14)21(20-19-10)8-5-6-9-11(8)23-15(2,3)22-9/h5-6,8-9,11H,4,7H2,1-3H3,(H2,16,17,18)/t8-,9-,11+/m1/s1. The van der Waals surface area contributed by atoms with E-state index in [9.17, 15) is 0 Å². The molecule has 2 N–H and O–H groups in total. The number of nitrogens with zero attached hydrogens (tertiary/aromatic N) is 5. The fraction of sp³-hybridized carbons (Fsp3) is 0.600. The Bertz CT molecular complexity index is 805. The van der Waals surface area contributed by atoms with Gasteiger partial charge in [0.25, 0.3) is 0 Å². The van der Waals surface area contributed by atoms with Crippen molar-refractivity contribution >= 4 is 28.7 Å². The number of thioether (sulfide) groups is 1. The number of hydrogen-bond acceptors (Lipinski definition) is 8. The molecule has 1 fully saturated rings. The second-order valence-electron chi connectivity index (χ2n) is 6.39. The van der Waals surface area contributed by atoms with Crippen LogP contribution in [0.1, 0.15) is 33.2 Å². The lowest BCUT2D eigenvalue weighted by molar-refractivity contribution is -0.147. The number of hydrogen-bond donors (Lipinski definition) is 1. The lowest BCUT2D eigenvalue weighted by Gasteiger charge is -2.20. The summed E-state index contributed by atoms with van der Waals surface area (Å²) in [4.78, 5) is 8.92. The molecule has 0 radical (unpaired) electrons. The average Bonchev–Trinajstić information content (AvgIpc) is 3.17. The molecule has 0 unspecified atom stereocenters. The molecular weight excluding hydrogens is 328 g/mol. The molecule has 9 heteroatoms. The molecule has 2 aliphatic rings. The van der Waals surface area contributed by atoms with Gasteiger partial charge in [-0.05, 0) is 20.3 Å². The maximum Gasteiger partial charge on any atom is 0.191 e. The van der Waals surface area contributed by atoms with Crippen LogP contribution >= 0.6 is 11.8 Å². The molecule has 1 saturated heterocycles. The number of nitrogen functional groups attached to an aromatic ring is 1. The Balaban J connectivity index is 1.72. The number of anilines is 1. The van der Waals surface area contributed by atoms with E-state index < -0.39 is 5.79 Å². The fourth-order valence-electron chi connectivity index (χ4n) is 3.07. The van der Waals surface area contributed by atoms with Gasteiger partial charge < -0.3 is 15.2 Å². The van der Waals surface area contributed by atoms with E-state index in [1.807, 2.05) is 26.0 Å². The number of nitrogens with two attached hydrogens (primary N) is 1. The van der Waals surface area contributed by atoms with Gasteiger partial charge in [0.15, 0.2) is 27.9 Å². The first-order valence-corrected chi connectivity index (χ1v) is 9.02. The van der Waals surface area contributed by atoms with E-state index in [2.05, 4.69) is 27.2 Å². The number of rotatable bonds is 4. The van der Waals surface area contributed by atoms with Gasteiger partial charge in [0.2, 0.25) is 0 Å². The smallest absolute Gasteiger partial charge is 0.191 e. The lowest BCUT2D eigenvalue weighted by Crippen LogP contribution is -2.28. The molecule has 24 heavy (non-hydrogen) atoms. The Labute approximate surface area is 143 Å². The molecule has 2 aromatic rings. The predicted octanol–water partition coefficient (Wildman–Crippen LogP) is 1.94. The molecule has 1 aliphatic carbocycles. The van der Waals surface area contributed by atoms with Crippen LogP contribution in [0, 0.1) is 0 Å². The molecule has 4 rings (SSSR count). The monoisotopic (exact) mass is 348 g/mol. The van der Waals surface area contributed by atoms with Crippen molar-refractivity contribution in [3.63, 3.8) is 0 Å². The third-order valence-corrected chi connectivity index (χ3v) is 5.10. The van der Waals surface area contributed by atoms with Crippen molar-refractivity contribution in [2.75, 3.05) is 11.5 Å². The van der Waals surface area contributed by atoms with E-state index in [1.165, 1.54) is 0 Å². The van der Waals surface area contributed by atoms with Gasteiger partial charge in [0.05, 0.1) is 0 Å². The maximum absolute atomic E-state index is 6.04. The normalized spacial score (nSPS) is 27.9. The Morgan fingerprint density at radius 2 is 2.12 bits per heavy atom. The van der Waals surface area contributed by atoms with E-state index in [0.29, 0.717) is 22.1 Å². The molecule has 2 aromatic heterocycles. The van der Waals surface area contributed by atoms with E-state index in [1.54, 1.807) is 16.4 Å². The summed E-state index contributed by atoms with van der Waals surface area (Å²) in [6.45, 7) is 5.94. The minimum absolute atomic E-state index is 0.0858. The lowest BCUT2D eigenvalue weighted by atomic mass is 10.2. The van der Waals surface area contributed by atoms with Gasteiger partial charge in [-0.2, -0.15) is 0 Å². The highest BCUT2D eigenvalue weighted by Crippen LogP contribution is 2.40. The van der Waals surface area contributed by atoms with E-state index in [4.69, 9.17) is 15.2 Å². The van der Waals surface area contributed by atoms with E-state index in [0.717, 1.165) is 12.2 Å². The zero-order valence-electron chi connectivity index (χ0n) is 13.8. The van der Waals surface area contributed by atoms with Crippen LogP contribution in [0.5, 0.6) is 0 Å². The van der Waals surface area contributed by atoms with Gasteiger partial charge >= 0.3 is 0 Å². The van der Waals surface area contributed by atoms with E-state index in [-0.39, 0.29) is 18.2 Å². The second kappa shape index (κ2) is 5.68. The van der Waals surface area contributed by atoms with Crippen LogP contribution < -0.4 is 5.73 Å². The quantitative estimate of drug-likeness (QED) is 0.508. The van der Waals surface area contributed by atoms with Gasteiger partial charge in [0.1, 0.15) is 18.2 Å². The molecule has 8 nitrogen and oxygen atoms in total. The Morgan fingerprint density at radius 3 is 2.92 bits per heavy atom. The maximum atomic E-state index is 6.04. The van der Waals surface area contributed by atoms with Crippen molar-refractivity contribution in [1.29, 1.82) is 0 Å². The summed E-state index contributed by atoms with van der Waals surface area (Å²) in [5, 5.41) is 9.06. The van der Waals surface area contributed by atoms with Crippen molar-refractivity contribution < 1.29 is 9.47 Å². The fourth-order valence-corrected chi connectivity index (χ4v) is 3.77. The first-order valence-electron chi connectivity index (χ1n) is 8.03. The summed E-state index contributed by atoms with van der Waals surface area (Å²) >= 11 is 1.58. The predicted molar refractivity (Wildman–Crippen MR) is 90.5 cm³/mol. The summed E-state index contributed by atoms with van der Waals surface area (Å²) in [5.41, 5.74) is 7.19. The Morgan fingerprint density at radius 1 is 1.29 bits per heavy atom. The Hall–Kier alpha value is -1.71. The van der Waals surface area contributed by atoms with Crippen LogP contribution in [0.3, 0.4) is 0 Å². The van der Waals surface area contributed by atoms with Crippen molar-refractivity contribution in [3.05, 3.63) is 12.2 Å². The highest BCUT2D eigenvalue weighted by atomic mass is 32.2. The van der Waals surface area contributed by atoms with Crippen LogP contribution in [-0.2, 0) is 9.47 Å². The zero-order chi connectivity index (χ0) is 16.9. The molecule has 3 atom stereocenters. The molecule has 0 aromatic carbocycles. The molecule has 0 bridgehead atoms. The van der Waals surface area contributed by atoms with Crippen LogP contribution in [0.15, 0.2) is 17.3 Å². The molecular formula is C15H20N6O2S. The molecule has 0 spiro atoms. The average molecular weight is 348 g/mol. The van der Waals surface area contributed by atoms with Crippen LogP contribution in [0.2, 0.25) is 0 Å². The molecule has 1 aliphatic heterocycles. The minimum Gasteiger partial charge on any atom is -0.382 e. The first-order chi connectivity index (χ1) is 11.5. The third kappa shape index (κ3) is 2.56. The summed E-state index contributed by atoms with van der Waals surface area (Å²) in [7, 11) is 0. The van der Waals surface area contributed by atoms with Crippen molar-refractivity contribution in [2.24, 2.45) is 0 Å². The summed E-state index contributed by atoms with van der Waals surface area (Å²) < 4.78 is 13.7. The summed E-state index contributed by atoms with van der Waals surface area (Å²) in [6.07, 6.45) is 4.84. The van der Waals surface area contributed by atoms with Crippen LogP contribution in [0.4, 0.5) is 5.82 Å². The van der Waals surface area contributed by atoms with E-state index >= 15 is 0 Å². The van der Waals surface area contributed by atoms with Gasteiger partial charge in [-0.15, -0.1) is 5.10 Å². The summed E-state index contributed by atoms with van der Waals surface area (Å²) in [6, 6.07) is -0.125. The molecule has 3 heterocycles. The largest absolute Gasteiger partial charge is 0.382 e. The Kier molecular flexibility index (Phi) is 3.74. The van der Waals surface area contributed by atoms with Crippen molar-refractivity contribution in [1.82, 2.24) is 25.0 Å². The SMILES string of the molecule is CCCSc1nc(N)c2nnn([C@@H]3C=C[C@H]4OC(C)(C)O[C@@H]34)c2n1. The van der Waals surface area contributed by atoms with Gasteiger partial charge in [-0.25, -0.2) is 14.6 Å². The first kappa shape index (κ1) is 15.8. The number of ether oxygens (including phenoxy) is 2. The zero-order valence-corrected chi connectivity index (χ0v) is 14.7. The number of fused-ring (bicyclic) bond motifs is 2. The minimum atomic E-state index is -0.606. The van der Waals surface area contributed by atoms with Gasteiger partial charge in [-0.1, -0.05) is 36.1 Å². The topological polar surface area (TPSA) is 101 Å². The molecule has 0 amide bonds. The van der Waals surface area contributed by atoms with Gasteiger partial charge in [-0.3, -0.25) is 0 Å². The third-order valence-electron chi connectivity index (χ3n) is 4.05. The van der Waals surface area contributed by atoms with Crippen molar-refractivity contribution in [3.8, 4) is 0 Å². The molecule has 128 valence electrons. The van der Waals surface area contributed by atoms with Crippen LogP contribution in [-0.4, -0.2) is 48.7 Å². The van der Waals surface area contributed by atoms with Gasteiger partial charge in [0, 0.05) is 5.75 Å². The highest BCUT2D eigenvalue weighted by Gasteiger charge is 2.47. The summed E-state index contributed by atoms with van der Waals surface area (Å²) in [5.74, 6) is 0.684. The molecule has 0 saturated carbocycles. The van der Waals surface area contributed by atoms with Crippen molar-refractivity contribution in [2.45, 2.75) is 56.4 Å². The second-order valence-corrected chi connectivity index (χ2v) is 7.45.